The second kappa shape index (κ2) is 9.64. The van der Waals surface area contributed by atoms with E-state index in [2.05, 4.69) is 14.8 Å². The summed E-state index contributed by atoms with van der Waals surface area (Å²) in [6.07, 6.45) is 1.27. The maximum atomic E-state index is 12.5. The number of phenols is 1. The molecule has 0 aromatic heterocycles. The Labute approximate surface area is 198 Å². The molecule has 0 atom stereocenters. The van der Waals surface area contributed by atoms with Crippen molar-refractivity contribution < 1.29 is 27.9 Å². The predicted octanol–water partition coefficient (Wildman–Crippen LogP) is 2.27. The number of rotatable bonds is 6. The largest absolute Gasteiger partial charge is 0.507 e. The molecule has 1 amide bonds. The molecule has 2 aromatic rings. The van der Waals surface area contributed by atoms with Crippen molar-refractivity contribution in [3.63, 3.8) is 0 Å². The first-order valence-electron chi connectivity index (χ1n) is 10.4. The Morgan fingerprint density at radius 2 is 1.91 bits per heavy atom. The molecule has 0 saturated carbocycles. The van der Waals surface area contributed by atoms with Gasteiger partial charge in [0.05, 0.1) is 25.4 Å². The van der Waals surface area contributed by atoms with Crippen LogP contribution < -0.4 is 5.32 Å². The van der Waals surface area contributed by atoms with Crippen molar-refractivity contribution in [1.29, 1.82) is 0 Å². The summed E-state index contributed by atoms with van der Waals surface area (Å²) in [5.74, 6) is -0.939. The smallest absolute Gasteiger partial charge is 0.337 e. The van der Waals surface area contributed by atoms with Gasteiger partial charge >= 0.3 is 5.97 Å². The van der Waals surface area contributed by atoms with Crippen LogP contribution in [0.2, 0.25) is 0 Å². The highest BCUT2D eigenvalue weighted by atomic mass is 32.2. The second-order valence-electron chi connectivity index (χ2n) is 8.57. The first kappa shape index (κ1) is 24.9. The Balaban J connectivity index is 1.97. The van der Waals surface area contributed by atoms with E-state index in [-0.39, 0.29) is 46.5 Å². The van der Waals surface area contributed by atoms with Crippen molar-refractivity contribution in [2.24, 2.45) is 9.50 Å². The van der Waals surface area contributed by atoms with E-state index in [0.29, 0.717) is 5.56 Å². The normalized spacial score (nSPS) is 14.4. The average molecular weight is 487 g/mol. The summed E-state index contributed by atoms with van der Waals surface area (Å²) in [6.45, 7) is 5.56. The minimum atomic E-state index is -3.92. The number of esters is 1. The molecule has 1 heterocycles. The molecule has 11 heteroatoms. The molecule has 0 spiro atoms. The highest BCUT2D eigenvalue weighted by Gasteiger charge is 2.32. The van der Waals surface area contributed by atoms with E-state index in [0.717, 1.165) is 0 Å². The molecule has 10 nitrogen and oxygen atoms in total. The van der Waals surface area contributed by atoms with E-state index in [1.54, 1.807) is 18.2 Å². The molecule has 0 bridgehead atoms. The van der Waals surface area contributed by atoms with Crippen molar-refractivity contribution in [2.75, 3.05) is 13.7 Å². The van der Waals surface area contributed by atoms with Crippen LogP contribution in [-0.2, 0) is 19.6 Å². The molecule has 2 N–H and O–H groups in total. The number of nitrogens with zero attached hydrogens (tertiary/aromatic N) is 3. The molecule has 0 radical (unpaired) electrons. The number of phenolic OH excluding ortho intramolecular Hbond substituents is 1. The van der Waals surface area contributed by atoms with E-state index in [9.17, 15) is 23.1 Å². The van der Waals surface area contributed by atoms with Gasteiger partial charge in [0.2, 0.25) is 5.91 Å². The molecule has 1 aliphatic heterocycles. The van der Waals surface area contributed by atoms with Crippen LogP contribution in [0.3, 0.4) is 0 Å². The summed E-state index contributed by atoms with van der Waals surface area (Å²) >= 11 is 0. The van der Waals surface area contributed by atoms with Gasteiger partial charge in [-0.05, 0) is 51.1 Å². The first-order chi connectivity index (χ1) is 15.9. The Hall–Kier alpha value is -3.73. The van der Waals surface area contributed by atoms with Crippen LogP contribution >= 0.6 is 0 Å². The lowest BCUT2D eigenvalue weighted by Gasteiger charge is -2.22. The SMILES string of the molecule is COC(=O)c1ccc(O)c(/C=N\N(CCC(=O)NC(C)(C)C)C2=NS(=O)(=O)c3ccccc32)c1. The number of carbonyl (C=O) groups excluding carboxylic acids is 2. The number of hydrogen-bond donors (Lipinski definition) is 2. The van der Waals surface area contributed by atoms with E-state index in [1.165, 1.54) is 42.6 Å². The van der Waals surface area contributed by atoms with Crippen LogP contribution in [0.5, 0.6) is 5.75 Å². The van der Waals surface area contributed by atoms with E-state index in [1.807, 2.05) is 20.8 Å². The molecule has 0 aliphatic carbocycles. The molecular weight excluding hydrogens is 460 g/mol. The monoisotopic (exact) mass is 486 g/mol. The number of carbonyl (C=O) groups is 2. The number of amidine groups is 1. The highest BCUT2D eigenvalue weighted by molar-refractivity contribution is 7.90. The summed E-state index contributed by atoms with van der Waals surface area (Å²) in [5, 5.41) is 18.6. The van der Waals surface area contributed by atoms with Crippen LogP contribution in [0.15, 0.2) is 56.9 Å². The molecule has 2 aromatic carbocycles. The summed E-state index contributed by atoms with van der Waals surface area (Å²) < 4.78 is 33.6. The van der Waals surface area contributed by atoms with Crippen LogP contribution in [-0.4, -0.2) is 61.7 Å². The van der Waals surface area contributed by atoms with Crippen molar-refractivity contribution >= 4 is 33.9 Å². The molecule has 0 saturated heterocycles. The Morgan fingerprint density at radius 3 is 2.59 bits per heavy atom. The van der Waals surface area contributed by atoms with Gasteiger partial charge in [0.25, 0.3) is 10.0 Å². The Kier molecular flexibility index (Phi) is 7.06. The van der Waals surface area contributed by atoms with E-state index in [4.69, 9.17) is 4.74 Å². The molecule has 180 valence electrons. The number of sulfonamides is 1. The number of methoxy groups -OCH3 is 1. The number of fused-ring (bicyclic) bond motifs is 1. The number of ether oxygens (including phenoxy) is 1. The zero-order chi connectivity index (χ0) is 25.1. The second-order valence-corrected chi connectivity index (χ2v) is 10.1. The number of hydrogen-bond acceptors (Lipinski definition) is 8. The fourth-order valence-corrected chi connectivity index (χ4v) is 4.42. The standard InChI is InChI=1S/C23H26N4O6S/c1-23(2,3)25-20(29)11-12-27(21-17-7-5-6-8-19(17)34(31,32)26-21)24-14-16-13-15(22(30)33-4)9-10-18(16)28/h5-10,13-14,28H,11-12H2,1-4H3,(H,25,29)/b24-14-. The summed E-state index contributed by atoms with van der Waals surface area (Å²) in [4.78, 5) is 24.3. The van der Waals surface area contributed by atoms with Gasteiger partial charge in [-0.1, -0.05) is 12.1 Å². The van der Waals surface area contributed by atoms with Crippen molar-refractivity contribution in [2.45, 2.75) is 37.6 Å². The summed E-state index contributed by atoms with van der Waals surface area (Å²) in [7, 11) is -2.68. The predicted molar refractivity (Wildman–Crippen MR) is 126 cm³/mol. The molecule has 1 aliphatic rings. The first-order valence-corrected chi connectivity index (χ1v) is 11.8. The fraction of sp³-hybridized carbons (Fsp3) is 0.304. The zero-order valence-corrected chi connectivity index (χ0v) is 20.1. The summed E-state index contributed by atoms with van der Waals surface area (Å²) in [5.41, 5.74) is 0.306. The number of aromatic hydroxyl groups is 1. The number of hydrazone groups is 1. The lowest BCUT2D eigenvalue weighted by atomic mass is 10.1. The number of benzene rings is 2. The van der Waals surface area contributed by atoms with E-state index >= 15 is 0 Å². The van der Waals surface area contributed by atoms with Crippen molar-refractivity contribution in [3.05, 3.63) is 59.2 Å². The van der Waals surface area contributed by atoms with Gasteiger partial charge in [-0.2, -0.15) is 13.5 Å². The lowest BCUT2D eigenvalue weighted by molar-refractivity contribution is -0.122. The van der Waals surface area contributed by atoms with Gasteiger partial charge in [0.1, 0.15) is 10.6 Å². The molecule has 0 unspecified atom stereocenters. The van der Waals surface area contributed by atoms with E-state index < -0.39 is 21.5 Å². The lowest BCUT2D eigenvalue weighted by Crippen LogP contribution is -2.42. The quantitative estimate of drug-likeness (QED) is 0.363. The molecule has 3 rings (SSSR count). The highest BCUT2D eigenvalue weighted by Crippen LogP contribution is 2.28. The molecule has 34 heavy (non-hydrogen) atoms. The Morgan fingerprint density at radius 1 is 1.21 bits per heavy atom. The van der Waals surface area contributed by atoms with Gasteiger partial charge in [-0.3, -0.25) is 4.79 Å². The number of nitrogens with one attached hydrogen (secondary N) is 1. The fourth-order valence-electron chi connectivity index (χ4n) is 3.22. The minimum absolute atomic E-state index is 0.00400. The molecule has 0 fully saturated rings. The maximum absolute atomic E-state index is 12.5. The van der Waals surface area contributed by atoms with Gasteiger partial charge in [-0.25, -0.2) is 9.80 Å². The topological polar surface area (TPSA) is 138 Å². The maximum Gasteiger partial charge on any atom is 0.337 e. The van der Waals surface area contributed by atoms with Crippen LogP contribution in [0.4, 0.5) is 0 Å². The van der Waals surface area contributed by atoms with Crippen LogP contribution in [0.25, 0.3) is 0 Å². The van der Waals surface area contributed by atoms with Gasteiger partial charge in [-0.15, -0.1) is 4.40 Å². The third kappa shape index (κ3) is 5.79. The average Bonchev–Trinajstić information content (AvgIpc) is 3.04. The van der Waals surface area contributed by atoms with Crippen LogP contribution in [0.1, 0.15) is 48.7 Å². The van der Waals surface area contributed by atoms with Gasteiger partial charge < -0.3 is 15.2 Å². The number of amides is 1. The molecular formula is C23H26N4O6S. The van der Waals surface area contributed by atoms with Crippen LogP contribution in [0, 0.1) is 0 Å². The van der Waals surface area contributed by atoms with Crippen molar-refractivity contribution in [1.82, 2.24) is 10.3 Å². The Bertz CT molecular complexity index is 1280. The van der Waals surface area contributed by atoms with Gasteiger partial charge in [0.15, 0.2) is 5.84 Å². The van der Waals surface area contributed by atoms with Gasteiger partial charge in [0, 0.05) is 23.1 Å². The van der Waals surface area contributed by atoms with Crippen molar-refractivity contribution in [3.8, 4) is 5.75 Å². The zero-order valence-electron chi connectivity index (χ0n) is 19.3. The minimum Gasteiger partial charge on any atom is -0.507 e. The third-order valence-corrected chi connectivity index (χ3v) is 6.03. The third-order valence-electron chi connectivity index (χ3n) is 4.71. The summed E-state index contributed by atoms with van der Waals surface area (Å²) in [6, 6.07) is 10.4.